The van der Waals surface area contributed by atoms with Crippen LogP contribution in [0, 0.1) is 0 Å². The average Bonchev–Trinajstić information content (AvgIpc) is 3.70. The zero-order chi connectivity index (χ0) is 64.1. The molecular weight excluding hydrogens is 1100 g/mol. The van der Waals surface area contributed by atoms with E-state index in [1.54, 1.807) is 6.08 Å². The first-order valence-corrected chi connectivity index (χ1v) is 38.1. The molecule has 0 radical (unpaired) electrons. The van der Waals surface area contributed by atoms with E-state index in [1.165, 1.54) is 173 Å². The molecule has 0 saturated carbocycles. The van der Waals surface area contributed by atoms with Crippen molar-refractivity contribution in [3.63, 3.8) is 0 Å². The van der Waals surface area contributed by atoms with Crippen molar-refractivity contribution in [3.8, 4) is 0 Å². The van der Waals surface area contributed by atoms with Crippen molar-refractivity contribution >= 4 is 13.7 Å². The summed E-state index contributed by atoms with van der Waals surface area (Å²) in [6.07, 6.45) is 103. The van der Waals surface area contributed by atoms with Gasteiger partial charge in [-0.05, 0) is 96.3 Å². The molecular formula is C79H140N2O6P+. The van der Waals surface area contributed by atoms with Gasteiger partial charge in [-0.25, -0.2) is 4.57 Å². The van der Waals surface area contributed by atoms with Crippen LogP contribution in [0.1, 0.15) is 309 Å². The highest BCUT2D eigenvalue weighted by molar-refractivity contribution is 7.47. The largest absolute Gasteiger partial charge is 0.472 e. The molecule has 0 heterocycles. The number of rotatable bonds is 66. The first-order chi connectivity index (χ1) is 43.0. The molecule has 3 N–H and O–H groups in total. The summed E-state index contributed by atoms with van der Waals surface area (Å²) in [5, 5.41) is 14.0. The molecule has 0 aliphatic rings. The Hall–Kier alpha value is -3.36. The van der Waals surface area contributed by atoms with Gasteiger partial charge in [0, 0.05) is 6.42 Å². The van der Waals surface area contributed by atoms with Gasteiger partial charge in [0.15, 0.2) is 0 Å². The lowest BCUT2D eigenvalue weighted by Crippen LogP contribution is -2.45. The molecule has 0 spiro atoms. The first-order valence-electron chi connectivity index (χ1n) is 36.6. The summed E-state index contributed by atoms with van der Waals surface area (Å²) < 4.78 is 23.8. The van der Waals surface area contributed by atoms with Crippen LogP contribution in [-0.2, 0) is 18.4 Å². The van der Waals surface area contributed by atoms with Gasteiger partial charge in [-0.15, -0.1) is 0 Å². The summed E-state index contributed by atoms with van der Waals surface area (Å²) in [6, 6.07) is -0.862. The summed E-state index contributed by atoms with van der Waals surface area (Å²) in [6.45, 7) is 4.72. The molecule has 3 atom stereocenters. The number of nitrogens with zero attached hydrogens (tertiary/aromatic N) is 1. The molecule has 0 rings (SSSR count). The zero-order valence-electron chi connectivity index (χ0n) is 57.9. The Kier molecular flexibility index (Phi) is 65.4. The maximum absolute atomic E-state index is 13.1. The van der Waals surface area contributed by atoms with E-state index in [0.29, 0.717) is 17.4 Å². The summed E-state index contributed by atoms with van der Waals surface area (Å²) in [5.74, 6) is -0.187. The lowest BCUT2D eigenvalue weighted by Gasteiger charge is -2.25. The van der Waals surface area contributed by atoms with Crippen molar-refractivity contribution < 1.29 is 32.9 Å². The number of carbonyl (C=O) groups is 1. The number of phosphoric ester groups is 1. The van der Waals surface area contributed by atoms with Crippen molar-refractivity contribution in [2.75, 3.05) is 40.9 Å². The minimum Gasteiger partial charge on any atom is -0.387 e. The molecule has 0 aliphatic heterocycles. The van der Waals surface area contributed by atoms with Gasteiger partial charge in [-0.3, -0.25) is 13.8 Å². The number of hydrogen-bond donors (Lipinski definition) is 3. The quantitative estimate of drug-likeness (QED) is 0.0243. The number of unbranched alkanes of at least 4 members (excludes halogenated alkanes) is 33. The highest BCUT2D eigenvalue weighted by atomic mass is 31.2. The second-order valence-corrected chi connectivity index (χ2v) is 27.0. The van der Waals surface area contributed by atoms with Crippen LogP contribution in [0.3, 0.4) is 0 Å². The Morgan fingerprint density at radius 3 is 1.00 bits per heavy atom. The summed E-state index contributed by atoms with van der Waals surface area (Å²) in [7, 11) is 1.56. The maximum Gasteiger partial charge on any atom is 0.472 e. The Labute approximate surface area is 545 Å². The SMILES string of the molecule is CC/C=C\C/C=C\C/C=C\C/C=C\C/C=C\C/C=C\C/C=C\C/C=C\C/C=C\C/C=C\CCCCCCCCCCC(=O)NC(COP(=O)(O)OCC[N+](C)(C)C)C(O)/C=C/CCCCCCCCCCCCCCCCCCCCCCCCCCC. The zero-order valence-corrected chi connectivity index (χ0v) is 58.8. The number of phosphoric acid groups is 1. The Bertz CT molecular complexity index is 1900. The van der Waals surface area contributed by atoms with Crippen molar-refractivity contribution in [2.45, 2.75) is 321 Å². The normalized spacial score (nSPS) is 14.4. The van der Waals surface area contributed by atoms with E-state index in [1.807, 2.05) is 27.2 Å². The third-order valence-electron chi connectivity index (χ3n) is 15.9. The van der Waals surface area contributed by atoms with Crippen LogP contribution in [0.5, 0.6) is 0 Å². The second-order valence-electron chi connectivity index (χ2n) is 25.6. The fourth-order valence-corrected chi connectivity index (χ4v) is 11.0. The summed E-state index contributed by atoms with van der Waals surface area (Å²) >= 11 is 0. The predicted molar refractivity (Wildman–Crippen MR) is 387 cm³/mol. The van der Waals surface area contributed by atoms with Gasteiger partial charge in [0.1, 0.15) is 13.2 Å². The number of quaternary nitrogens is 1. The molecule has 0 bridgehead atoms. The monoisotopic (exact) mass is 1240 g/mol. The smallest absolute Gasteiger partial charge is 0.387 e. The van der Waals surface area contributed by atoms with Gasteiger partial charge in [0.25, 0.3) is 0 Å². The second kappa shape index (κ2) is 68.0. The lowest BCUT2D eigenvalue weighted by molar-refractivity contribution is -0.870. The van der Waals surface area contributed by atoms with E-state index in [4.69, 9.17) is 9.05 Å². The number of allylic oxidation sites excluding steroid dienone is 21. The fraction of sp³-hybridized carbons (Fsp3) is 0.709. The molecule has 1 amide bonds. The molecule has 8 nitrogen and oxygen atoms in total. The Balaban J connectivity index is 4.13. The number of amides is 1. The summed E-state index contributed by atoms with van der Waals surface area (Å²) in [4.78, 5) is 23.4. The van der Waals surface area contributed by atoms with E-state index in [2.05, 4.69) is 141 Å². The fourth-order valence-electron chi connectivity index (χ4n) is 10.2. The van der Waals surface area contributed by atoms with Gasteiger partial charge in [-0.2, -0.15) is 0 Å². The van der Waals surface area contributed by atoms with Gasteiger partial charge < -0.3 is 19.8 Å². The first kappa shape index (κ1) is 84.6. The van der Waals surface area contributed by atoms with Crippen LogP contribution in [0.25, 0.3) is 0 Å². The molecule has 0 aliphatic carbocycles. The van der Waals surface area contributed by atoms with Gasteiger partial charge in [-0.1, -0.05) is 340 Å². The van der Waals surface area contributed by atoms with Crippen LogP contribution in [0.2, 0.25) is 0 Å². The van der Waals surface area contributed by atoms with Crippen molar-refractivity contribution in [1.82, 2.24) is 5.32 Å². The van der Waals surface area contributed by atoms with Crippen LogP contribution >= 0.6 is 7.82 Å². The van der Waals surface area contributed by atoms with Crippen molar-refractivity contribution in [2.24, 2.45) is 0 Å². The number of likely N-dealkylation sites (N-methyl/N-ethyl adjacent to an activating group) is 1. The molecule has 3 unspecified atom stereocenters. The number of hydrogen-bond acceptors (Lipinski definition) is 5. The highest BCUT2D eigenvalue weighted by Gasteiger charge is 2.28. The molecule has 0 saturated heterocycles. The number of nitrogens with one attached hydrogen (secondary N) is 1. The Morgan fingerprint density at radius 2 is 0.682 bits per heavy atom. The van der Waals surface area contributed by atoms with Gasteiger partial charge in [0.2, 0.25) is 5.91 Å². The van der Waals surface area contributed by atoms with Crippen LogP contribution in [-0.4, -0.2) is 73.4 Å². The molecule has 0 fully saturated rings. The minimum absolute atomic E-state index is 0.0541. The topological polar surface area (TPSA) is 105 Å². The molecule has 0 aromatic carbocycles. The van der Waals surface area contributed by atoms with E-state index in [0.717, 1.165) is 116 Å². The van der Waals surface area contributed by atoms with Crippen LogP contribution < -0.4 is 5.32 Å². The standard InChI is InChI=1S/C79H139N2O6P/c1-6-8-10-12-14-16-18-20-22-24-26-28-30-32-34-35-36-37-38-39-40-41-42-43-44-45-47-49-51-53-55-57-59-61-63-65-67-69-71-73-79(83)80-77(76-87-88(84,85)86-75-74-81(3,4)5)78(82)72-70-68-66-64-62-60-58-56-54-52-50-48-46-33-31-29-27-25-23-21-19-17-15-13-11-9-7-2/h8,10,14,16,20,22,26,28,32,34,36-37,39-40,42-43,45,47,51,53,70,72,77-78,82H,6-7,9,11-13,15,17-19,21,23-25,27,29-31,33,35,38,41,44,46,48-50,52,54-69,71,73-76H2,1-5H3,(H-,80,83,84,85)/p+1/b10-8-,16-14-,22-20-,28-26-,34-32-,37-36-,40-39-,43-42-,47-45-,53-51-,72-70+. The van der Waals surface area contributed by atoms with E-state index in [9.17, 15) is 19.4 Å². The Morgan fingerprint density at radius 1 is 0.398 bits per heavy atom. The van der Waals surface area contributed by atoms with Crippen molar-refractivity contribution in [3.05, 3.63) is 134 Å². The van der Waals surface area contributed by atoms with E-state index < -0.39 is 20.0 Å². The van der Waals surface area contributed by atoms with Gasteiger partial charge in [0.05, 0.1) is 39.9 Å². The third-order valence-corrected chi connectivity index (χ3v) is 16.9. The average molecular weight is 1240 g/mol. The summed E-state index contributed by atoms with van der Waals surface area (Å²) in [5.41, 5.74) is 0. The van der Waals surface area contributed by atoms with Crippen LogP contribution in [0.15, 0.2) is 134 Å². The number of carbonyl (C=O) groups excluding carboxylic acids is 1. The molecule has 9 heteroatoms. The minimum atomic E-state index is -4.37. The molecule has 88 heavy (non-hydrogen) atoms. The van der Waals surface area contributed by atoms with Crippen LogP contribution in [0.4, 0.5) is 0 Å². The lowest BCUT2D eigenvalue weighted by atomic mass is 10.0. The maximum atomic E-state index is 13.1. The molecule has 506 valence electrons. The molecule has 0 aromatic heterocycles. The number of aliphatic hydroxyl groups is 1. The van der Waals surface area contributed by atoms with Crippen molar-refractivity contribution in [1.29, 1.82) is 0 Å². The van der Waals surface area contributed by atoms with E-state index >= 15 is 0 Å². The number of aliphatic hydroxyl groups excluding tert-OH is 1. The van der Waals surface area contributed by atoms with Gasteiger partial charge >= 0.3 is 7.82 Å². The van der Waals surface area contributed by atoms with E-state index in [-0.39, 0.29) is 19.1 Å². The highest BCUT2D eigenvalue weighted by Crippen LogP contribution is 2.43. The third kappa shape index (κ3) is 70.1. The predicted octanol–water partition coefficient (Wildman–Crippen LogP) is 23.8. The molecule has 0 aromatic rings.